The Morgan fingerprint density at radius 3 is 2.11 bits per heavy atom. The minimum Gasteiger partial charge on any atom is -0.379 e. The molecule has 2 N–H and O–H groups in total. The van der Waals surface area contributed by atoms with Crippen molar-refractivity contribution in [3.05, 3.63) is 0 Å². The van der Waals surface area contributed by atoms with Crippen LogP contribution in [0.25, 0.3) is 0 Å². The number of hydrogen-bond acceptors (Lipinski definition) is 4. The molecule has 0 aliphatic rings. The molecule has 0 unspecified atom stereocenters. The SMILES string of the molecule is CC.CCC(C)(C)CCOC(C)(C)CC(=O)NCCOCCC(=O)NC(C)C. The van der Waals surface area contributed by atoms with E-state index in [1.54, 1.807) is 0 Å². The Labute approximate surface area is 173 Å². The maximum Gasteiger partial charge on any atom is 0.222 e. The van der Waals surface area contributed by atoms with Gasteiger partial charge in [0.25, 0.3) is 0 Å². The summed E-state index contributed by atoms with van der Waals surface area (Å²) in [5, 5.41) is 5.64. The minimum absolute atomic E-state index is 0.0193. The summed E-state index contributed by atoms with van der Waals surface area (Å²) in [6.07, 6.45) is 2.74. The molecule has 0 atom stereocenters. The Kier molecular flexibility index (Phi) is 16.3. The highest BCUT2D eigenvalue weighted by Gasteiger charge is 2.24. The topological polar surface area (TPSA) is 76.7 Å². The Morgan fingerprint density at radius 1 is 0.964 bits per heavy atom. The summed E-state index contributed by atoms with van der Waals surface area (Å²) < 4.78 is 11.3. The van der Waals surface area contributed by atoms with Gasteiger partial charge in [0.2, 0.25) is 11.8 Å². The molecule has 6 heteroatoms. The third kappa shape index (κ3) is 18.2. The van der Waals surface area contributed by atoms with E-state index >= 15 is 0 Å². The fraction of sp³-hybridized carbons (Fsp3) is 0.909. The zero-order valence-electron chi connectivity index (χ0n) is 19.9. The van der Waals surface area contributed by atoms with Gasteiger partial charge in [-0.2, -0.15) is 0 Å². The summed E-state index contributed by atoms with van der Waals surface area (Å²) >= 11 is 0. The van der Waals surface area contributed by atoms with E-state index in [-0.39, 0.29) is 23.3 Å². The molecule has 2 amide bonds. The second kappa shape index (κ2) is 15.7. The van der Waals surface area contributed by atoms with E-state index in [0.29, 0.717) is 39.2 Å². The van der Waals surface area contributed by atoms with Crippen LogP contribution in [0.15, 0.2) is 0 Å². The first kappa shape index (κ1) is 29.1. The van der Waals surface area contributed by atoms with Crippen molar-refractivity contribution in [1.29, 1.82) is 0 Å². The molecule has 0 saturated heterocycles. The average molecular weight is 403 g/mol. The maximum absolute atomic E-state index is 12.0. The predicted octanol–water partition coefficient (Wildman–Crippen LogP) is 4.07. The van der Waals surface area contributed by atoms with E-state index < -0.39 is 5.60 Å². The van der Waals surface area contributed by atoms with Crippen molar-refractivity contribution in [1.82, 2.24) is 10.6 Å². The van der Waals surface area contributed by atoms with Crippen molar-refractivity contribution >= 4 is 11.8 Å². The second-order valence-electron chi connectivity index (χ2n) is 8.49. The van der Waals surface area contributed by atoms with Crippen molar-refractivity contribution in [2.24, 2.45) is 5.41 Å². The number of rotatable bonds is 14. The Morgan fingerprint density at radius 2 is 1.57 bits per heavy atom. The molecule has 0 saturated carbocycles. The third-order valence-electron chi connectivity index (χ3n) is 4.31. The molecule has 0 bridgehead atoms. The molecule has 0 aromatic carbocycles. The van der Waals surface area contributed by atoms with Crippen LogP contribution in [0.5, 0.6) is 0 Å². The monoisotopic (exact) mass is 402 g/mol. The zero-order chi connectivity index (χ0) is 22.2. The van der Waals surface area contributed by atoms with Crippen LogP contribution >= 0.6 is 0 Å². The van der Waals surface area contributed by atoms with Crippen molar-refractivity contribution in [2.45, 2.75) is 99.6 Å². The standard InChI is InChI=1S/C20H40N2O4.C2H6/c1-8-19(4,5)10-13-26-20(6,7)15-18(24)21-11-14-25-12-9-17(23)22-16(2)3;1-2/h16H,8-15H2,1-7H3,(H,21,24)(H,22,23);1-2H3. The molecule has 0 aromatic rings. The van der Waals surface area contributed by atoms with E-state index in [1.165, 1.54) is 0 Å². The van der Waals surface area contributed by atoms with Gasteiger partial charge < -0.3 is 20.1 Å². The van der Waals surface area contributed by atoms with Gasteiger partial charge in [-0.15, -0.1) is 0 Å². The van der Waals surface area contributed by atoms with Gasteiger partial charge in [-0.05, 0) is 39.5 Å². The summed E-state index contributed by atoms with van der Waals surface area (Å²) in [5.41, 5.74) is -0.217. The molecule has 0 fully saturated rings. The molecular formula is C22H46N2O4. The first-order valence-electron chi connectivity index (χ1n) is 10.8. The van der Waals surface area contributed by atoms with Gasteiger partial charge in [0, 0.05) is 25.6 Å². The number of hydrogen-bond donors (Lipinski definition) is 2. The highest BCUT2D eigenvalue weighted by atomic mass is 16.5. The lowest BCUT2D eigenvalue weighted by atomic mass is 9.87. The van der Waals surface area contributed by atoms with Crippen LogP contribution in [0.2, 0.25) is 0 Å². The fourth-order valence-corrected chi connectivity index (χ4v) is 2.20. The summed E-state index contributed by atoms with van der Waals surface area (Å²) in [6, 6.07) is 0.139. The lowest BCUT2D eigenvalue weighted by molar-refractivity contribution is -0.128. The largest absolute Gasteiger partial charge is 0.379 e. The highest BCUT2D eigenvalue weighted by molar-refractivity contribution is 5.77. The van der Waals surface area contributed by atoms with Crippen LogP contribution in [0, 0.1) is 5.41 Å². The van der Waals surface area contributed by atoms with E-state index in [1.807, 2.05) is 41.5 Å². The smallest absolute Gasteiger partial charge is 0.222 e. The zero-order valence-corrected chi connectivity index (χ0v) is 19.9. The highest BCUT2D eigenvalue weighted by Crippen LogP contribution is 2.25. The molecule has 0 radical (unpaired) electrons. The average Bonchev–Trinajstić information content (AvgIpc) is 2.58. The van der Waals surface area contributed by atoms with Gasteiger partial charge in [0.15, 0.2) is 0 Å². The quantitative estimate of drug-likeness (QED) is 0.429. The van der Waals surface area contributed by atoms with Gasteiger partial charge in [0.05, 0.1) is 25.2 Å². The summed E-state index contributed by atoms with van der Waals surface area (Å²) in [4.78, 5) is 23.5. The maximum atomic E-state index is 12.0. The second-order valence-corrected chi connectivity index (χ2v) is 8.49. The van der Waals surface area contributed by atoms with Crippen LogP contribution in [0.3, 0.4) is 0 Å². The molecule has 0 rings (SSSR count). The van der Waals surface area contributed by atoms with Crippen LogP contribution in [0.1, 0.15) is 88.0 Å². The number of nitrogens with one attached hydrogen (secondary N) is 2. The molecule has 0 spiro atoms. The molecule has 0 aliphatic heterocycles. The van der Waals surface area contributed by atoms with Crippen molar-refractivity contribution in [3.63, 3.8) is 0 Å². The molecule has 0 aromatic heterocycles. The Balaban J connectivity index is 0. The van der Waals surface area contributed by atoms with Crippen LogP contribution in [-0.4, -0.2) is 49.8 Å². The van der Waals surface area contributed by atoms with Gasteiger partial charge >= 0.3 is 0 Å². The Bertz CT molecular complexity index is 421. The first-order chi connectivity index (χ1) is 13.0. The molecule has 168 valence electrons. The lowest BCUT2D eigenvalue weighted by Gasteiger charge is -2.28. The van der Waals surface area contributed by atoms with Gasteiger partial charge in [-0.1, -0.05) is 41.0 Å². The van der Waals surface area contributed by atoms with Gasteiger partial charge in [-0.3, -0.25) is 9.59 Å². The number of ether oxygens (including phenoxy) is 2. The summed E-state index contributed by atoms with van der Waals surface area (Å²) in [7, 11) is 0. The van der Waals surface area contributed by atoms with Crippen molar-refractivity contribution in [2.75, 3.05) is 26.4 Å². The van der Waals surface area contributed by atoms with E-state index in [9.17, 15) is 9.59 Å². The van der Waals surface area contributed by atoms with E-state index in [2.05, 4.69) is 31.4 Å². The minimum atomic E-state index is -0.482. The first-order valence-corrected chi connectivity index (χ1v) is 10.8. The van der Waals surface area contributed by atoms with E-state index in [0.717, 1.165) is 12.8 Å². The number of carbonyl (C=O) groups excluding carboxylic acids is 2. The summed E-state index contributed by atoms with van der Waals surface area (Å²) in [5.74, 6) is -0.0694. The van der Waals surface area contributed by atoms with Crippen LogP contribution in [-0.2, 0) is 19.1 Å². The molecule has 0 aliphatic carbocycles. The van der Waals surface area contributed by atoms with Crippen LogP contribution in [0.4, 0.5) is 0 Å². The van der Waals surface area contributed by atoms with Gasteiger partial charge in [0.1, 0.15) is 0 Å². The van der Waals surface area contributed by atoms with Crippen LogP contribution < -0.4 is 10.6 Å². The lowest BCUT2D eigenvalue weighted by Crippen LogP contribution is -2.36. The molecule has 0 heterocycles. The molecule has 28 heavy (non-hydrogen) atoms. The van der Waals surface area contributed by atoms with Gasteiger partial charge in [-0.25, -0.2) is 0 Å². The van der Waals surface area contributed by atoms with E-state index in [4.69, 9.17) is 9.47 Å². The normalized spacial score (nSPS) is 11.6. The third-order valence-corrected chi connectivity index (χ3v) is 4.31. The summed E-state index contributed by atoms with van der Waals surface area (Å²) in [6.45, 7) is 20.2. The van der Waals surface area contributed by atoms with Crippen molar-refractivity contribution < 1.29 is 19.1 Å². The fourth-order valence-electron chi connectivity index (χ4n) is 2.20. The predicted molar refractivity (Wildman–Crippen MR) is 116 cm³/mol. The van der Waals surface area contributed by atoms with Crippen molar-refractivity contribution in [3.8, 4) is 0 Å². The number of carbonyl (C=O) groups is 2. The molecule has 6 nitrogen and oxygen atoms in total. The molecular weight excluding hydrogens is 356 g/mol. The Hall–Kier alpha value is -1.14. The number of amides is 2.